The Morgan fingerprint density at radius 3 is 2.71 bits per heavy atom. The monoisotopic (exact) mass is 361 g/mol. The summed E-state index contributed by atoms with van der Waals surface area (Å²) in [7, 11) is 0. The quantitative estimate of drug-likeness (QED) is 0.671. The Labute approximate surface area is 148 Å². The Hall–Kier alpha value is -2.31. The average Bonchev–Trinajstić information content (AvgIpc) is 2.92. The lowest BCUT2D eigenvalue weighted by Crippen LogP contribution is -2.42. The van der Waals surface area contributed by atoms with Crippen LogP contribution in [0.4, 0.5) is 5.69 Å². The van der Waals surface area contributed by atoms with Crippen molar-refractivity contribution >= 4 is 35.0 Å². The van der Waals surface area contributed by atoms with Crippen molar-refractivity contribution in [3.8, 4) is 5.75 Å². The standard InChI is InChI=1S/C17H16ClN3O2S/c1-10-4-2-7-13(18)15(10)17(20-9-14(24-17)16(19)23)21-11-5-3-6-12(22)8-11/h2-9,20-22H,1H3,(H2,19,23). The van der Waals surface area contributed by atoms with E-state index in [1.54, 1.807) is 30.5 Å². The molecule has 2 aromatic carbocycles. The molecule has 0 bridgehead atoms. The van der Waals surface area contributed by atoms with Crippen molar-refractivity contribution in [2.75, 3.05) is 5.32 Å². The summed E-state index contributed by atoms with van der Waals surface area (Å²) >= 11 is 7.69. The van der Waals surface area contributed by atoms with Crippen molar-refractivity contribution in [3.05, 3.63) is 69.7 Å². The molecule has 1 aliphatic rings. The van der Waals surface area contributed by atoms with Crippen LogP contribution >= 0.6 is 23.4 Å². The van der Waals surface area contributed by atoms with Gasteiger partial charge in [-0.3, -0.25) is 4.79 Å². The summed E-state index contributed by atoms with van der Waals surface area (Å²) < 4.78 is 0. The van der Waals surface area contributed by atoms with Gasteiger partial charge in [0.2, 0.25) is 0 Å². The minimum absolute atomic E-state index is 0.136. The zero-order valence-corrected chi connectivity index (χ0v) is 14.4. The first kappa shape index (κ1) is 16.5. The normalized spacial score (nSPS) is 19.5. The highest BCUT2D eigenvalue weighted by molar-refractivity contribution is 8.05. The summed E-state index contributed by atoms with van der Waals surface area (Å²) in [6, 6.07) is 12.3. The maximum atomic E-state index is 11.6. The zero-order chi connectivity index (χ0) is 17.3. The number of hydrogen-bond donors (Lipinski definition) is 4. The highest BCUT2D eigenvalue weighted by atomic mass is 35.5. The van der Waals surface area contributed by atoms with Gasteiger partial charge in [0.05, 0.1) is 4.91 Å². The van der Waals surface area contributed by atoms with Crippen LogP contribution in [0.1, 0.15) is 11.1 Å². The van der Waals surface area contributed by atoms with E-state index in [1.165, 1.54) is 11.8 Å². The van der Waals surface area contributed by atoms with Crippen LogP contribution in [0.3, 0.4) is 0 Å². The van der Waals surface area contributed by atoms with Gasteiger partial charge in [-0.2, -0.15) is 0 Å². The Bertz CT molecular complexity index is 820. The predicted molar refractivity (Wildman–Crippen MR) is 97.6 cm³/mol. The van der Waals surface area contributed by atoms with Gasteiger partial charge in [-0.25, -0.2) is 0 Å². The summed E-state index contributed by atoms with van der Waals surface area (Å²) in [5.74, 6) is -0.381. The lowest BCUT2D eigenvalue weighted by Gasteiger charge is -2.34. The van der Waals surface area contributed by atoms with Gasteiger partial charge in [-0.1, -0.05) is 41.6 Å². The molecule has 1 atom stereocenters. The number of rotatable bonds is 4. The largest absolute Gasteiger partial charge is 0.508 e. The molecule has 3 rings (SSSR count). The number of phenols is 1. The molecule has 0 saturated carbocycles. The van der Waals surface area contributed by atoms with E-state index < -0.39 is 10.9 Å². The number of primary amides is 1. The number of amides is 1. The minimum atomic E-state index is -0.902. The first-order valence-electron chi connectivity index (χ1n) is 7.21. The molecule has 2 aromatic rings. The highest BCUT2D eigenvalue weighted by Gasteiger charge is 2.41. The van der Waals surface area contributed by atoms with Gasteiger partial charge in [0.15, 0.2) is 4.99 Å². The molecule has 0 fully saturated rings. The lowest BCUT2D eigenvalue weighted by molar-refractivity contribution is -0.113. The molecule has 0 aromatic heterocycles. The highest BCUT2D eigenvalue weighted by Crippen LogP contribution is 2.47. The Balaban J connectivity index is 2.08. The molecule has 0 radical (unpaired) electrons. The third kappa shape index (κ3) is 3.02. The maximum Gasteiger partial charge on any atom is 0.256 e. The topological polar surface area (TPSA) is 87.4 Å². The second-order valence-corrected chi connectivity index (χ2v) is 7.07. The van der Waals surface area contributed by atoms with E-state index >= 15 is 0 Å². The second-order valence-electron chi connectivity index (χ2n) is 5.41. The third-order valence-corrected chi connectivity index (χ3v) is 5.24. The number of anilines is 1. The molecule has 0 spiro atoms. The average molecular weight is 362 g/mol. The van der Waals surface area contributed by atoms with Crippen molar-refractivity contribution in [3.63, 3.8) is 0 Å². The number of benzene rings is 2. The minimum Gasteiger partial charge on any atom is -0.508 e. The van der Waals surface area contributed by atoms with Gasteiger partial charge in [-0.15, -0.1) is 0 Å². The zero-order valence-electron chi connectivity index (χ0n) is 12.8. The van der Waals surface area contributed by atoms with Crippen molar-refractivity contribution < 1.29 is 9.90 Å². The van der Waals surface area contributed by atoms with Crippen molar-refractivity contribution in [1.29, 1.82) is 0 Å². The molecular formula is C17H16ClN3O2S. The van der Waals surface area contributed by atoms with Gasteiger partial charge in [-0.05, 0) is 30.7 Å². The van der Waals surface area contributed by atoms with E-state index in [0.717, 1.165) is 11.1 Å². The third-order valence-electron chi connectivity index (χ3n) is 3.65. The molecule has 1 unspecified atom stereocenters. The van der Waals surface area contributed by atoms with Crippen LogP contribution in [-0.2, 0) is 9.79 Å². The van der Waals surface area contributed by atoms with Gasteiger partial charge in [0.1, 0.15) is 5.75 Å². The number of nitrogens with one attached hydrogen (secondary N) is 2. The van der Waals surface area contributed by atoms with Crippen LogP contribution in [0.15, 0.2) is 53.6 Å². The number of halogens is 1. The van der Waals surface area contributed by atoms with E-state index in [0.29, 0.717) is 15.6 Å². The molecule has 5 N–H and O–H groups in total. The van der Waals surface area contributed by atoms with Gasteiger partial charge >= 0.3 is 0 Å². The van der Waals surface area contributed by atoms with E-state index in [9.17, 15) is 9.90 Å². The number of aromatic hydroxyl groups is 1. The molecule has 5 nitrogen and oxygen atoms in total. The Kier molecular flexibility index (Phi) is 4.34. The molecule has 1 amide bonds. The molecule has 24 heavy (non-hydrogen) atoms. The molecule has 124 valence electrons. The SMILES string of the molecule is Cc1cccc(Cl)c1C1(Nc2cccc(O)c2)NC=C(C(N)=O)S1. The maximum absolute atomic E-state index is 11.6. The van der Waals surface area contributed by atoms with Crippen LogP contribution in [0.25, 0.3) is 0 Å². The van der Waals surface area contributed by atoms with Crippen LogP contribution < -0.4 is 16.4 Å². The van der Waals surface area contributed by atoms with Crippen LogP contribution in [0, 0.1) is 6.92 Å². The molecule has 1 heterocycles. The lowest BCUT2D eigenvalue weighted by atomic mass is 10.1. The number of aryl methyl sites for hydroxylation is 1. The van der Waals surface area contributed by atoms with Crippen LogP contribution in [0.2, 0.25) is 5.02 Å². The summed E-state index contributed by atoms with van der Waals surface area (Å²) in [5.41, 5.74) is 7.85. The van der Waals surface area contributed by atoms with Crippen molar-refractivity contribution in [2.24, 2.45) is 5.73 Å². The van der Waals surface area contributed by atoms with E-state index in [4.69, 9.17) is 17.3 Å². The number of nitrogens with two attached hydrogens (primary N) is 1. The van der Waals surface area contributed by atoms with Gasteiger partial charge in [0, 0.05) is 28.5 Å². The number of thioether (sulfide) groups is 1. The molecule has 0 saturated heterocycles. The number of carbonyl (C=O) groups is 1. The molecule has 0 aliphatic carbocycles. The molecule has 1 aliphatic heterocycles. The number of hydrogen-bond acceptors (Lipinski definition) is 5. The Morgan fingerprint density at radius 1 is 1.33 bits per heavy atom. The Morgan fingerprint density at radius 2 is 2.08 bits per heavy atom. The van der Waals surface area contributed by atoms with E-state index in [-0.39, 0.29) is 5.75 Å². The number of carbonyl (C=O) groups excluding carboxylic acids is 1. The fourth-order valence-electron chi connectivity index (χ4n) is 2.62. The second kappa shape index (κ2) is 6.30. The fourth-order valence-corrected chi connectivity index (χ4v) is 4.25. The smallest absolute Gasteiger partial charge is 0.256 e. The summed E-state index contributed by atoms with van der Waals surface area (Å²) in [6.07, 6.45) is 1.57. The summed E-state index contributed by atoms with van der Waals surface area (Å²) in [6.45, 7) is 1.94. The van der Waals surface area contributed by atoms with Gasteiger partial charge in [0.25, 0.3) is 5.91 Å². The fraction of sp³-hybridized carbons (Fsp3) is 0.118. The van der Waals surface area contributed by atoms with Crippen LogP contribution in [0.5, 0.6) is 5.75 Å². The van der Waals surface area contributed by atoms with Gasteiger partial charge < -0.3 is 21.5 Å². The van der Waals surface area contributed by atoms with Crippen molar-refractivity contribution in [1.82, 2.24) is 5.32 Å². The first-order chi connectivity index (χ1) is 11.4. The predicted octanol–water partition coefficient (Wildman–Crippen LogP) is 3.24. The number of phenolic OH excluding ortho intramolecular Hbond substituents is 1. The first-order valence-corrected chi connectivity index (χ1v) is 8.40. The molecule has 7 heteroatoms. The summed E-state index contributed by atoms with van der Waals surface area (Å²) in [5, 5.41) is 16.8. The summed E-state index contributed by atoms with van der Waals surface area (Å²) in [4.78, 5) is 11.1. The van der Waals surface area contributed by atoms with E-state index in [2.05, 4.69) is 10.6 Å². The van der Waals surface area contributed by atoms with Crippen molar-refractivity contribution in [2.45, 2.75) is 11.9 Å². The van der Waals surface area contributed by atoms with E-state index in [1.807, 2.05) is 25.1 Å². The molecular weight excluding hydrogens is 346 g/mol. The van der Waals surface area contributed by atoms with Crippen LogP contribution in [-0.4, -0.2) is 11.0 Å².